The molecule has 2 amide bonds. The number of aryl methyl sites for hydroxylation is 1. The Labute approximate surface area is 194 Å². The van der Waals surface area contributed by atoms with Gasteiger partial charge in [-0.15, -0.1) is 0 Å². The first kappa shape index (κ1) is 24.6. The molecule has 0 spiro atoms. The van der Waals surface area contributed by atoms with Gasteiger partial charge in [0.2, 0.25) is 0 Å². The lowest BCUT2D eigenvalue weighted by molar-refractivity contribution is -0.150. The van der Waals surface area contributed by atoms with Crippen molar-refractivity contribution in [2.75, 3.05) is 11.9 Å². The maximum Gasteiger partial charge on any atom is 0.329 e. The molecule has 0 bridgehead atoms. The number of amides is 2. The molecule has 0 unspecified atom stereocenters. The first-order valence-electron chi connectivity index (χ1n) is 10.5. The Kier molecular flexibility index (Phi) is 7.72. The fourth-order valence-corrected chi connectivity index (χ4v) is 3.14. The summed E-state index contributed by atoms with van der Waals surface area (Å²) in [6.45, 7) is 4.46. The van der Waals surface area contributed by atoms with Gasteiger partial charge in [-0.2, -0.15) is 5.10 Å². The second-order valence-electron chi connectivity index (χ2n) is 7.89. The van der Waals surface area contributed by atoms with Crippen LogP contribution in [-0.2, 0) is 14.3 Å². The van der Waals surface area contributed by atoms with E-state index in [1.165, 1.54) is 47.1 Å². The third-order valence-electron chi connectivity index (χ3n) is 4.84. The van der Waals surface area contributed by atoms with Crippen molar-refractivity contribution in [3.8, 4) is 5.69 Å². The van der Waals surface area contributed by atoms with Crippen LogP contribution in [0.2, 0.25) is 0 Å². The van der Waals surface area contributed by atoms with Crippen molar-refractivity contribution in [3.63, 3.8) is 0 Å². The van der Waals surface area contributed by atoms with Gasteiger partial charge in [0.15, 0.2) is 6.61 Å². The molecular formula is C24H24F2N4O4. The van der Waals surface area contributed by atoms with E-state index in [4.69, 9.17) is 4.74 Å². The van der Waals surface area contributed by atoms with Crippen LogP contribution in [0.1, 0.15) is 29.9 Å². The van der Waals surface area contributed by atoms with Gasteiger partial charge in [0, 0.05) is 6.07 Å². The molecule has 0 aliphatic heterocycles. The third kappa shape index (κ3) is 6.03. The minimum Gasteiger partial charge on any atom is -0.454 e. The number of carbonyl (C=O) groups excluding carboxylic acids is 3. The Balaban J connectivity index is 1.62. The lowest BCUT2D eigenvalue weighted by Crippen LogP contribution is -2.46. The van der Waals surface area contributed by atoms with Crippen LogP contribution < -0.4 is 10.6 Å². The predicted molar refractivity (Wildman–Crippen MR) is 120 cm³/mol. The number of aromatic nitrogens is 2. The Morgan fingerprint density at radius 3 is 2.38 bits per heavy atom. The van der Waals surface area contributed by atoms with Crippen molar-refractivity contribution >= 4 is 23.6 Å². The summed E-state index contributed by atoms with van der Waals surface area (Å²) in [6.07, 6.45) is 0. The van der Waals surface area contributed by atoms with Gasteiger partial charge in [-0.3, -0.25) is 9.59 Å². The lowest BCUT2D eigenvalue weighted by atomic mass is 10.0. The highest BCUT2D eigenvalue weighted by Crippen LogP contribution is 2.18. The molecule has 1 heterocycles. The van der Waals surface area contributed by atoms with Crippen molar-refractivity contribution in [1.29, 1.82) is 0 Å². The molecule has 2 N–H and O–H groups in total. The van der Waals surface area contributed by atoms with E-state index in [0.717, 1.165) is 6.07 Å². The maximum atomic E-state index is 13.9. The van der Waals surface area contributed by atoms with Gasteiger partial charge in [0.05, 0.1) is 16.9 Å². The van der Waals surface area contributed by atoms with E-state index >= 15 is 0 Å². The molecule has 0 saturated heterocycles. The molecule has 1 atom stereocenters. The van der Waals surface area contributed by atoms with Gasteiger partial charge in [-0.05, 0) is 49.2 Å². The summed E-state index contributed by atoms with van der Waals surface area (Å²) in [4.78, 5) is 37.4. The number of nitrogens with one attached hydrogen (secondary N) is 2. The van der Waals surface area contributed by atoms with E-state index in [0.29, 0.717) is 17.2 Å². The molecule has 0 radical (unpaired) electrons. The minimum absolute atomic E-state index is 0.205. The number of anilines is 1. The first-order valence-corrected chi connectivity index (χ1v) is 10.5. The van der Waals surface area contributed by atoms with E-state index in [1.54, 1.807) is 26.8 Å². The highest BCUT2D eigenvalue weighted by molar-refractivity contribution is 5.97. The van der Waals surface area contributed by atoms with Gasteiger partial charge < -0.3 is 15.4 Å². The van der Waals surface area contributed by atoms with Gasteiger partial charge in [0.1, 0.15) is 23.5 Å². The maximum absolute atomic E-state index is 13.9. The summed E-state index contributed by atoms with van der Waals surface area (Å²) < 4.78 is 33.6. The van der Waals surface area contributed by atoms with Crippen LogP contribution in [0.4, 0.5) is 14.6 Å². The summed E-state index contributed by atoms with van der Waals surface area (Å²) in [7, 11) is 0. The number of hydrogen-bond donors (Lipinski definition) is 2. The predicted octanol–water partition coefficient (Wildman–Crippen LogP) is 3.40. The van der Waals surface area contributed by atoms with E-state index in [2.05, 4.69) is 15.7 Å². The molecule has 178 valence electrons. The SMILES string of the molecule is Cc1cc(NC(=O)COC(=O)[C@@H](NC(=O)c2ccccc2F)C(C)C)n(-c2ccc(F)cc2)n1. The molecular weight excluding hydrogens is 446 g/mol. The summed E-state index contributed by atoms with van der Waals surface area (Å²) >= 11 is 0. The summed E-state index contributed by atoms with van der Waals surface area (Å²) in [6, 6.07) is 11.4. The Morgan fingerprint density at radius 1 is 1.06 bits per heavy atom. The fraction of sp³-hybridized carbons (Fsp3) is 0.250. The Morgan fingerprint density at radius 2 is 1.74 bits per heavy atom. The summed E-state index contributed by atoms with van der Waals surface area (Å²) in [5, 5.41) is 9.32. The molecule has 0 aliphatic carbocycles. The molecule has 3 aromatic rings. The van der Waals surface area contributed by atoms with Crippen LogP contribution in [-0.4, -0.2) is 40.2 Å². The topological polar surface area (TPSA) is 102 Å². The van der Waals surface area contributed by atoms with Crippen LogP contribution in [0.3, 0.4) is 0 Å². The lowest BCUT2D eigenvalue weighted by Gasteiger charge is -2.21. The van der Waals surface area contributed by atoms with Crippen molar-refractivity contribution in [1.82, 2.24) is 15.1 Å². The standard InChI is InChI=1S/C24H24F2N4O4/c1-14(2)22(28-23(32)18-6-4-5-7-19(18)26)24(33)34-13-21(31)27-20-12-15(3)29-30(20)17-10-8-16(25)9-11-17/h4-12,14,22H,13H2,1-3H3,(H,27,31)(H,28,32)/t22-/m0/s1. The highest BCUT2D eigenvalue weighted by Gasteiger charge is 2.27. The second kappa shape index (κ2) is 10.7. The van der Waals surface area contributed by atoms with Crippen molar-refractivity contribution in [2.24, 2.45) is 5.92 Å². The smallest absolute Gasteiger partial charge is 0.329 e. The third-order valence-corrected chi connectivity index (χ3v) is 4.84. The van der Waals surface area contributed by atoms with Crippen LogP contribution in [0.25, 0.3) is 5.69 Å². The average Bonchev–Trinajstić information content (AvgIpc) is 3.16. The van der Waals surface area contributed by atoms with E-state index < -0.39 is 42.1 Å². The molecule has 34 heavy (non-hydrogen) atoms. The van der Waals surface area contributed by atoms with Crippen molar-refractivity contribution in [2.45, 2.75) is 26.8 Å². The van der Waals surface area contributed by atoms with Gasteiger partial charge in [-0.25, -0.2) is 18.3 Å². The van der Waals surface area contributed by atoms with E-state index in [1.807, 2.05) is 0 Å². The summed E-state index contributed by atoms with van der Waals surface area (Å²) in [5.74, 6) is -3.45. The molecule has 8 nitrogen and oxygen atoms in total. The molecule has 2 aromatic carbocycles. The Bertz CT molecular complexity index is 1190. The number of benzene rings is 2. The average molecular weight is 470 g/mol. The molecule has 10 heteroatoms. The number of ether oxygens (including phenoxy) is 1. The van der Waals surface area contributed by atoms with Crippen LogP contribution in [0.15, 0.2) is 54.6 Å². The zero-order valence-electron chi connectivity index (χ0n) is 18.8. The normalized spacial score (nSPS) is 11.7. The second-order valence-corrected chi connectivity index (χ2v) is 7.89. The van der Waals surface area contributed by atoms with Crippen LogP contribution >= 0.6 is 0 Å². The number of carbonyl (C=O) groups is 3. The van der Waals surface area contributed by atoms with Crippen LogP contribution in [0, 0.1) is 24.5 Å². The van der Waals surface area contributed by atoms with Gasteiger partial charge in [-0.1, -0.05) is 26.0 Å². The number of rotatable bonds is 8. The first-order chi connectivity index (χ1) is 16.2. The van der Waals surface area contributed by atoms with Crippen LogP contribution in [0.5, 0.6) is 0 Å². The van der Waals surface area contributed by atoms with Gasteiger partial charge >= 0.3 is 5.97 Å². The highest BCUT2D eigenvalue weighted by atomic mass is 19.1. The Hall–Kier alpha value is -4.08. The molecule has 0 fully saturated rings. The number of nitrogens with zero attached hydrogens (tertiary/aromatic N) is 2. The van der Waals surface area contributed by atoms with Crippen molar-refractivity contribution < 1.29 is 27.9 Å². The largest absolute Gasteiger partial charge is 0.454 e. The molecule has 0 aliphatic rings. The van der Waals surface area contributed by atoms with Crippen molar-refractivity contribution in [3.05, 3.63) is 77.5 Å². The minimum atomic E-state index is -1.09. The molecule has 0 saturated carbocycles. The number of esters is 1. The molecule has 1 aromatic heterocycles. The van der Waals surface area contributed by atoms with Gasteiger partial charge in [0.25, 0.3) is 11.8 Å². The molecule has 3 rings (SSSR count). The van der Waals surface area contributed by atoms with E-state index in [-0.39, 0.29) is 11.5 Å². The fourth-order valence-electron chi connectivity index (χ4n) is 3.14. The number of halogens is 2. The monoisotopic (exact) mass is 470 g/mol. The zero-order chi connectivity index (χ0) is 24.8. The number of hydrogen-bond acceptors (Lipinski definition) is 5. The quantitative estimate of drug-likeness (QED) is 0.492. The zero-order valence-corrected chi connectivity index (χ0v) is 18.8. The van der Waals surface area contributed by atoms with E-state index in [9.17, 15) is 23.2 Å². The summed E-state index contributed by atoms with van der Waals surface area (Å²) in [5.41, 5.74) is 0.924.